The molecule has 0 aliphatic carbocycles. The zero-order valence-electron chi connectivity index (χ0n) is 7.85. The van der Waals surface area contributed by atoms with Gasteiger partial charge in [0.05, 0.1) is 22.5 Å². The number of aliphatic hydroxyl groups is 2. The Kier molecular flexibility index (Phi) is 2.96. The van der Waals surface area contributed by atoms with E-state index >= 15 is 0 Å². The van der Waals surface area contributed by atoms with Crippen LogP contribution in [0, 0.1) is 4.78 Å². The Morgan fingerprint density at radius 2 is 2.36 bits per heavy atom. The molecule has 2 unspecified atom stereocenters. The highest BCUT2D eigenvalue weighted by Gasteiger charge is 2.26. The van der Waals surface area contributed by atoms with Crippen molar-refractivity contribution in [1.29, 1.82) is 4.78 Å². The average molecular weight is 236 g/mol. The van der Waals surface area contributed by atoms with Crippen molar-refractivity contribution in [2.24, 2.45) is 0 Å². The van der Waals surface area contributed by atoms with Crippen LogP contribution in [0.4, 0.5) is 0 Å². The van der Waals surface area contributed by atoms with Crippen LogP contribution in [-0.4, -0.2) is 32.3 Å². The van der Waals surface area contributed by atoms with Crippen LogP contribution in [0.15, 0.2) is 10.4 Å². The minimum atomic E-state index is -2.79. The first-order valence-electron chi connectivity index (χ1n) is 3.81. The largest absolute Gasteiger partial charge is 0.393 e. The molecule has 0 saturated heterocycles. The van der Waals surface area contributed by atoms with E-state index in [9.17, 15) is 9.32 Å². The van der Waals surface area contributed by atoms with E-state index in [1.165, 1.54) is 19.4 Å². The van der Waals surface area contributed by atoms with Crippen LogP contribution in [0.1, 0.15) is 11.9 Å². The Balaban J connectivity index is 3.13. The minimum absolute atomic E-state index is 0.275. The number of nitrogens with one attached hydrogen (secondary N) is 1. The predicted molar refractivity (Wildman–Crippen MR) is 53.8 cm³/mol. The quantitative estimate of drug-likeness (QED) is 0.707. The molecule has 2 atom stereocenters. The maximum Gasteiger partial charge on any atom is 0.136 e. The van der Waals surface area contributed by atoms with Crippen LogP contribution in [0.25, 0.3) is 0 Å². The second kappa shape index (κ2) is 3.58. The van der Waals surface area contributed by atoms with Crippen molar-refractivity contribution in [2.75, 3.05) is 12.9 Å². The Morgan fingerprint density at radius 3 is 2.71 bits per heavy atom. The fraction of sp³-hybridized carbons (Fsp3) is 0.571. The monoisotopic (exact) mass is 236 g/mol. The molecule has 5 nitrogen and oxygen atoms in total. The first kappa shape index (κ1) is 11.6. The highest BCUT2D eigenvalue weighted by atomic mass is 32.2. The Labute approximate surface area is 86.4 Å². The van der Waals surface area contributed by atoms with Crippen LogP contribution in [-0.2, 0) is 15.3 Å². The zero-order chi connectivity index (χ0) is 11.0. The molecule has 0 fully saturated rings. The van der Waals surface area contributed by atoms with Crippen molar-refractivity contribution in [2.45, 2.75) is 16.7 Å². The van der Waals surface area contributed by atoms with Gasteiger partial charge in [-0.2, -0.15) is 0 Å². The first-order valence-corrected chi connectivity index (χ1v) is 6.59. The highest BCUT2D eigenvalue weighted by Crippen LogP contribution is 2.27. The van der Waals surface area contributed by atoms with Gasteiger partial charge in [-0.25, -0.2) is 14.0 Å². The second-order valence-corrected chi connectivity index (χ2v) is 6.68. The molecule has 1 aromatic heterocycles. The van der Waals surface area contributed by atoms with Gasteiger partial charge in [0.15, 0.2) is 0 Å². The molecule has 0 aromatic carbocycles. The van der Waals surface area contributed by atoms with E-state index in [2.05, 4.69) is 4.98 Å². The van der Waals surface area contributed by atoms with E-state index in [1.54, 1.807) is 0 Å². The predicted octanol–water partition coefficient (Wildman–Crippen LogP) is 0.378. The zero-order valence-corrected chi connectivity index (χ0v) is 9.48. The fourth-order valence-electron chi connectivity index (χ4n) is 0.756. The molecule has 14 heavy (non-hydrogen) atoms. The first-order chi connectivity index (χ1) is 6.27. The number of aliphatic hydroxyl groups excluding tert-OH is 1. The summed E-state index contributed by atoms with van der Waals surface area (Å²) in [5, 5.41) is 18.8. The van der Waals surface area contributed by atoms with Crippen molar-refractivity contribution >= 4 is 21.1 Å². The Bertz CT molecular complexity index is 422. The maximum atomic E-state index is 11.3. The van der Waals surface area contributed by atoms with Gasteiger partial charge < -0.3 is 10.2 Å². The molecule has 1 aromatic rings. The van der Waals surface area contributed by atoms with E-state index in [-0.39, 0.29) is 5.01 Å². The van der Waals surface area contributed by atoms with Crippen molar-refractivity contribution in [3.05, 3.63) is 11.2 Å². The summed E-state index contributed by atoms with van der Waals surface area (Å²) in [4.78, 5) is 3.83. The molecular weight excluding hydrogens is 224 g/mol. The molecule has 0 amide bonds. The molecule has 0 radical (unpaired) electrons. The normalized spacial score (nSPS) is 20.0. The third kappa shape index (κ3) is 2.30. The van der Waals surface area contributed by atoms with Crippen molar-refractivity contribution in [3.8, 4) is 0 Å². The van der Waals surface area contributed by atoms with Gasteiger partial charge in [0.1, 0.15) is 14.8 Å². The van der Waals surface area contributed by atoms with Crippen molar-refractivity contribution < 1.29 is 14.4 Å². The lowest BCUT2D eigenvalue weighted by atomic mass is 10.1. The van der Waals surface area contributed by atoms with Crippen LogP contribution in [0.3, 0.4) is 0 Å². The molecule has 1 rings (SSSR count). The molecule has 3 N–H and O–H groups in total. The molecule has 80 valence electrons. The van der Waals surface area contributed by atoms with E-state index < -0.39 is 21.9 Å². The summed E-state index contributed by atoms with van der Waals surface area (Å²) >= 11 is 0.987. The minimum Gasteiger partial charge on any atom is -0.393 e. The summed E-state index contributed by atoms with van der Waals surface area (Å²) in [6.07, 6.45) is 2.59. The van der Waals surface area contributed by atoms with Crippen molar-refractivity contribution in [3.63, 3.8) is 0 Å². The average Bonchev–Trinajstić information content (AvgIpc) is 2.51. The van der Waals surface area contributed by atoms with Crippen LogP contribution >= 0.6 is 11.3 Å². The Hall–Kier alpha value is -0.500. The SMILES string of the molecule is CC(O)(CO)c1ncc(S(C)(=N)=O)s1. The molecule has 0 spiro atoms. The van der Waals surface area contributed by atoms with Gasteiger partial charge in [-0.3, -0.25) is 0 Å². The van der Waals surface area contributed by atoms with E-state index in [4.69, 9.17) is 9.89 Å². The van der Waals surface area contributed by atoms with Gasteiger partial charge in [0, 0.05) is 6.26 Å². The van der Waals surface area contributed by atoms with Gasteiger partial charge in [0.2, 0.25) is 0 Å². The van der Waals surface area contributed by atoms with E-state index in [0.717, 1.165) is 11.3 Å². The second-order valence-electron chi connectivity index (χ2n) is 3.26. The summed E-state index contributed by atoms with van der Waals surface area (Å²) in [5.74, 6) is 0. The summed E-state index contributed by atoms with van der Waals surface area (Å²) < 4.78 is 18.9. The third-order valence-corrected chi connectivity index (χ3v) is 4.76. The Morgan fingerprint density at radius 1 is 1.79 bits per heavy atom. The fourth-order valence-corrected chi connectivity index (χ4v) is 2.57. The third-order valence-electron chi connectivity index (χ3n) is 1.64. The maximum absolute atomic E-state index is 11.3. The number of thiazole rings is 1. The molecular formula is C7H12N2O3S2. The molecule has 0 aliphatic heterocycles. The lowest BCUT2D eigenvalue weighted by Crippen LogP contribution is -2.25. The summed E-state index contributed by atoms with van der Waals surface area (Å²) in [5.41, 5.74) is -1.42. The molecule has 1 heterocycles. The highest BCUT2D eigenvalue weighted by molar-refractivity contribution is 7.93. The summed E-state index contributed by atoms with van der Waals surface area (Å²) in [7, 11) is -2.79. The van der Waals surface area contributed by atoms with E-state index in [0.29, 0.717) is 4.21 Å². The van der Waals surface area contributed by atoms with Gasteiger partial charge in [-0.15, -0.1) is 11.3 Å². The molecule has 7 heteroatoms. The van der Waals surface area contributed by atoms with Crippen molar-refractivity contribution in [1.82, 2.24) is 4.98 Å². The molecule has 0 bridgehead atoms. The molecule has 0 saturated carbocycles. The number of hydrogen-bond donors (Lipinski definition) is 3. The number of nitrogens with zero attached hydrogens (tertiary/aromatic N) is 1. The van der Waals surface area contributed by atoms with Crippen LogP contribution in [0.2, 0.25) is 0 Å². The summed E-state index contributed by atoms with van der Waals surface area (Å²) in [6.45, 7) is 0.958. The van der Waals surface area contributed by atoms with Gasteiger partial charge in [0.25, 0.3) is 0 Å². The molecule has 0 aliphatic rings. The lowest BCUT2D eigenvalue weighted by Gasteiger charge is -2.16. The topological polar surface area (TPSA) is 94.3 Å². The number of rotatable bonds is 3. The standard InChI is InChI=1S/C7H12N2O3S2/c1-7(11,4-10)6-9-3-5(13-6)14(2,8)12/h3,8,10-11H,4H2,1-2H3. The van der Waals surface area contributed by atoms with Gasteiger partial charge in [-0.05, 0) is 6.92 Å². The summed E-state index contributed by atoms with van der Waals surface area (Å²) in [6, 6.07) is 0. The lowest BCUT2D eigenvalue weighted by molar-refractivity contribution is -0.00244. The number of aromatic nitrogens is 1. The van der Waals surface area contributed by atoms with Gasteiger partial charge in [-0.1, -0.05) is 0 Å². The number of hydrogen-bond acceptors (Lipinski definition) is 6. The van der Waals surface area contributed by atoms with E-state index in [1.807, 2.05) is 0 Å². The smallest absolute Gasteiger partial charge is 0.136 e. The van der Waals surface area contributed by atoms with Crippen LogP contribution in [0.5, 0.6) is 0 Å². The van der Waals surface area contributed by atoms with Crippen LogP contribution < -0.4 is 0 Å². The van der Waals surface area contributed by atoms with Gasteiger partial charge >= 0.3 is 0 Å².